The van der Waals surface area contributed by atoms with Crippen LogP contribution in [0.15, 0.2) is 0 Å². The van der Waals surface area contributed by atoms with E-state index in [4.69, 9.17) is 14.6 Å². The van der Waals surface area contributed by atoms with Crippen molar-refractivity contribution in [2.45, 2.75) is 44.4 Å². The predicted octanol–water partition coefficient (Wildman–Crippen LogP) is -0.666. The first-order valence-corrected chi connectivity index (χ1v) is 4.85. The molecule has 6 nitrogen and oxygen atoms in total. The van der Waals surface area contributed by atoms with Crippen LogP contribution in [0.4, 0.5) is 0 Å². The molecule has 0 aromatic heterocycles. The van der Waals surface area contributed by atoms with Crippen molar-refractivity contribution in [3.63, 3.8) is 0 Å². The van der Waals surface area contributed by atoms with Crippen molar-refractivity contribution in [2.75, 3.05) is 6.61 Å². The lowest BCUT2D eigenvalue weighted by atomic mass is 10.0. The summed E-state index contributed by atoms with van der Waals surface area (Å²) in [5, 5.41) is 27.2. The van der Waals surface area contributed by atoms with Gasteiger partial charge in [-0.15, -0.1) is 0 Å². The van der Waals surface area contributed by atoms with E-state index in [1.807, 2.05) is 0 Å². The Morgan fingerprint density at radius 1 is 1.47 bits per heavy atom. The van der Waals surface area contributed by atoms with Gasteiger partial charge in [-0.2, -0.15) is 0 Å². The average molecular weight is 220 g/mol. The molecule has 1 heterocycles. The molecule has 0 bridgehead atoms. The zero-order chi connectivity index (χ0) is 11.4. The molecule has 1 rings (SSSR count). The van der Waals surface area contributed by atoms with E-state index in [2.05, 4.69) is 0 Å². The molecular formula is C9H16O6. The molecule has 88 valence electrons. The van der Waals surface area contributed by atoms with Crippen molar-refractivity contribution in [1.82, 2.24) is 0 Å². The fourth-order valence-electron chi connectivity index (χ4n) is 1.36. The molecule has 1 unspecified atom stereocenters. The third kappa shape index (κ3) is 3.75. The highest BCUT2D eigenvalue weighted by atomic mass is 16.7. The van der Waals surface area contributed by atoms with Gasteiger partial charge in [-0.3, -0.25) is 4.79 Å². The summed E-state index contributed by atoms with van der Waals surface area (Å²) in [7, 11) is 0. The Morgan fingerprint density at radius 3 is 2.73 bits per heavy atom. The first-order chi connectivity index (χ1) is 7.00. The largest absolute Gasteiger partial charge is 0.481 e. The lowest BCUT2D eigenvalue weighted by Gasteiger charge is -2.35. The van der Waals surface area contributed by atoms with Crippen LogP contribution < -0.4 is 0 Å². The molecule has 1 fully saturated rings. The van der Waals surface area contributed by atoms with E-state index in [-0.39, 0.29) is 19.4 Å². The molecule has 6 heteroatoms. The van der Waals surface area contributed by atoms with Gasteiger partial charge in [-0.05, 0) is 6.92 Å². The molecule has 0 aromatic carbocycles. The topological polar surface area (TPSA) is 96.2 Å². The van der Waals surface area contributed by atoms with Crippen LogP contribution >= 0.6 is 0 Å². The maximum absolute atomic E-state index is 10.2. The summed E-state index contributed by atoms with van der Waals surface area (Å²) in [6, 6.07) is 0. The van der Waals surface area contributed by atoms with Crippen molar-refractivity contribution in [1.29, 1.82) is 0 Å². The number of carboxylic acid groups (broad SMARTS) is 1. The number of aliphatic hydroxyl groups excluding tert-OH is 2. The number of hydrogen-bond acceptors (Lipinski definition) is 5. The second-order valence-corrected chi connectivity index (χ2v) is 3.59. The third-order valence-corrected chi connectivity index (χ3v) is 2.29. The zero-order valence-corrected chi connectivity index (χ0v) is 8.50. The van der Waals surface area contributed by atoms with E-state index in [1.54, 1.807) is 6.92 Å². The minimum absolute atomic E-state index is 0.0140. The van der Waals surface area contributed by atoms with Crippen molar-refractivity contribution in [3.8, 4) is 0 Å². The maximum atomic E-state index is 10.2. The summed E-state index contributed by atoms with van der Waals surface area (Å²) in [5.41, 5.74) is 0. The van der Waals surface area contributed by atoms with Crippen LogP contribution in [-0.2, 0) is 14.3 Å². The van der Waals surface area contributed by atoms with Crippen molar-refractivity contribution in [2.24, 2.45) is 0 Å². The fourth-order valence-corrected chi connectivity index (χ4v) is 1.36. The van der Waals surface area contributed by atoms with Crippen LogP contribution in [0.25, 0.3) is 0 Å². The van der Waals surface area contributed by atoms with Crippen LogP contribution in [0.3, 0.4) is 0 Å². The van der Waals surface area contributed by atoms with E-state index in [1.165, 1.54) is 0 Å². The molecule has 1 saturated heterocycles. The minimum Gasteiger partial charge on any atom is -0.481 e. The molecule has 3 N–H and O–H groups in total. The van der Waals surface area contributed by atoms with Gasteiger partial charge in [-0.1, -0.05) is 0 Å². The van der Waals surface area contributed by atoms with Gasteiger partial charge < -0.3 is 24.8 Å². The maximum Gasteiger partial charge on any atom is 0.305 e. The number of hydrogen-bond donors (Lipinski definition) is 3. The van der Waals surface area contributed by atoms with Gasteiger partial charge in [0.2, 0.25) is 0 Å². The highest BCUT2D eigenvalue weighted by Gasteiger charge is 2.34. The van der Waals surface area contributed by atoms with Crippen LogP contribution in [0.2, 0.25) is 0 Å². The predicted molar refractivity (Wildman–Crippen MR) is 49.2 cm³/mol. The molecule has 0 amide bonds. The second kappa shape index (κ2) is 5.41. The highest BCUT2D eigenvalue weighted by Crippen LogP contribution is 2.20. The molecular weight excluding hydrogens is 204 g/mol. The third-order valence-electron chi connectivity index (χ3n) is 2.29. The van der Waals surface area contributed by atoms with Gasteiger partial charge in [0.25, 0.3) is 0 Å². The molecule has 1 aliphatic heterocycles. The van der Waals surface area contributed by atoms with Gasteiger partial charge in [0.05, 0.1) is 25.2 Å². The van der Waals surface area contributed by atoms with Gasteiger partial charge in [-0.25, -0.2) is 0 Å². The molecule has 0 aliphatic carbocycles. The number of carbonyl (C=O) groups is 1. The monoisotopic (exact) mass is 220 g/mol. The van der Waals surface area contributed by atoms with Crippen LogP contribution in [0.1, 0.15) is 19.8 Å². The van der Waals surface area contributed by atoms with E-state index < -0.39 is 30.6 Å². The second-order valence-electron chi connectivity index (χ2n) is 3.59. The van der Waals surface area contributed by atoms with E-state index in [0.29, 0.717) is 0 Å². The van der Waals surface area contributed by atoms with E-state index >= 15 is 0 Å². The quantitative estimate of drug-likeness (QED) is 0.581. The van der Waals surface area contributed by atoms with E-state index in [0.717, 1.165) is 0 Å². The first kappa shape index (κ1) is 12.4. The SMILES string of the molecule is CC1O[C@@H](OCCC(=O)O)[C@@H](O)C[C@H]1O. The summed E-state index contributed by atoms with van der Waals surface area (Å²) in [6.07, 6.45) is -2.84. The Balaban J connectivity index is 2.31. The van der Waals surface area contributed by atoms with Gasteiger partial charge >= 0.3 is 5.97 Å². The van der Waals surface area contributed by atoms with Crippen LogP contribution in [-0.4, -0.2) is 52.5 Å². The molecule has 1 aliphatic rings. The summed E-state index contributed by atoms with van der Waals surface area (Å²) >= 11 is 0. The number of aliphatic carboxylic acids is 1. The standard InChI is InChI=1S/C9H16O6/c1-5-6(10)4-7(11)9(15-5)14-3-2-8(12)13/h5-7,9-11H,2-4H2,1H3,(H,12,13)/t5?,6-,7+,9-/m1/s1. The number of aliphatic hydroxyl groups is 2. The lowest BCUT2D eigenvalue weighted by molar-refractivity contribution is -0.260. The number of rotatable bonds is 4. The van der Waals surface area contributed by atoms with Gasteiger partial charge in [0.15, 0.2) is 6.29 Å². The summed E-state index contributed by atoms with van der Waals surface area (Å²) in [5.74, 6) is -0.964. The van der Waals surface area contributed by atoms with Gasteiger partial charge in [0, 0.05) is 6.42 Å². The van der Waals surface area contributed by atoms with Crippen LogP contribution in [0, 0.1) is 0 Å². The van der Waals surface area contributed by atoms with Crippen molar-refractivity contribution >= 4 is 5.97 Å². The molecule has 0 saturated carbocycles. The number of carboxylic acids is 1. The Morgan fingerprint density at radius 2 is 2.13 bits per heavy atom. The number of ether oxygens (including phenoxy) is 2. The summed E-state index contributed by atoms with van der Waals surface area (Å²) in [6.45, 7) is 1.66. The fraction of sp³-hybridized carbons (Fsp3) is 0.889. The smallest absolute Gasteiger partial charge is 0.305 e. The molecule has 0 spiro atoms. The average Bonchev–Trinajstić information content (AvgIpc) is 2.13. The molecule has 0 radical (unpaired) electrons. The zero-order valence-electron chi connectivity index (χ0n) is 8.50. The minimum atomic E-state index is -0.964. The Hall–Kier alpha value is -0.690. The first-order valence-electron chi connectivity index (χ1n) is 4.85. The lowest BCUT2D eigenvalue weighted by Crippen LogP contribution is -2.47. The Bertz CT molecular complexity index is 219. The molecule has 15 heavy (non-hydrogen) atoms. The molecule has 4 atom stereocenters. The summed E-state index contributed by atoms with van der Waals surface area (Å²) in [4.78, 5) is 10.2. The molecule has 0 aromatic rings. The Labute approximate surface area is 87.4 Å². The summed E-state index contributed by atoms with van der Waals surface area (Å²) < 4.78 is 10.2. The van der Waals surface area contributed by atoms with Crippen molar-refractivity contribution < 1.29 is 29.6 Å². The normalized spacial score (nSPS) is 36.5. The van der Waals surface area contributed by atoms with Crippen molar-refractivity contribution in [3.05, 3.63) is 0 Å². The van der Waals surface area contributed by atoms with E-state index in [9.17, 15) is 15.0 Å². The highest BCUT2D eigenvalue weighted by molar-refractivity contribution is 5.66. The van der Waals surface area contributed by atoms with Crippen LogP contribution in [0.5, 0.6) is 0 Å². The van der Waals surface area contributed by atoms with Gasteiger partial charge in [0.1, 0.15) is 6.10 Å². The Kier molecular flexibility index (Phi) is 4.46.